The molecule has 208 valence electrons. The van der Waals surface area contributed by atoms with Crippen LogP contribution < -0.4 is 10.5 Å². The molecule has 3 saturated carbocycles. The Morgan fingerprint density at radius 2 is 1.74 bits per heavy atom. The molecule has 8 rings (SSSR count). The molecule has 4 heterocycles. The average molecular weight is 533 g/mol. The highest BCUT2D eigenvalue weighted by Gasteiger charge is 2.60. The largest absolute Gasteiger partial charge is 0.481 e. The molecule has 6 aliphatic rings. The highest BCUT2D eigenvalue weighted by Crippen LogP contribution is 2.67. The number of hydrogen-bond acceptors (Lipinski definition) is 6. The van der Waals surface area contributed by atoms with Crippen molar-refractivity contribution in [2.45, 2.75) is 82.5 Å². The molecule has 3 aliphatic heterocycles. The van der Waals surface area contributed by atoms with Gasteiger partial charge in [-0.3, -0.25) is 14.5 Å². The van der Waals surface area contributed by atoms with Crippen LogP contribution in [0.25, 0.3) is 11.0 Å². The molecular weight excluding hydrogens is 492 g/mol. The second-order valence-electron chi connectivity index (χ2n) is 14.0. The van der Waals surface area contributed by atoms with Crippen molar-refractivity contribution >= 4 is 22.8 Å². The Kier molecular flexibility index (Phi) is 5.48. The van der Waals surface area contributed by atoms with Gasteiger partial charge >= 0.3 is 5.97 Å². The van der Waals surface area contributed by atoms with Crippen LogP contribution in [0.4, 0.5) is 5.82 Å². The smallest absolute Gasteiger partial charge is 0.303 e. The minimum atomic E-state index is -0.781. The second kappa shape index (κ2) is 8.77. The number of anilines is 1. The fourth-order valence-corrected chi connectivity index (χ4v) is 10.0. The molecular formula is C31H40N4O4. The lowest BCUT2D eigenvalue weighted by atomic mass is 9.54. The molecule has 0 amide bonds. The highest BCUT2D eigenvalue weighted by atomic mass is 16.5. The molecule has 1 aromatic heterocycles. The summed E-state index contributed by atoms with van der Waals surface area (Å²) < 4.78 is 8.18. The van der Waals surface area contributed by atoms with Crippen LogP contribution in [-0.4, -0.2) is 70.0 Å². The molecule has 8 heteroatoms. The Morgan fingerprint density at radius 1 is 1.00 bits per heavy atom. The number of carboxylic acid groups (broad SMARTS) is 1. The summed E-state index contributed by atoms with van der Waals surface area (Å²) in [5.74, 6) is 2.52. The number of fused-ring (bicyclic) bond motifs is 4. The molecule has 0 radical (unpaired) electrons. The number of rotatable bonds is 5. The third-order valence-corrected chi connectivity index (χ3v) is 11.8. The summed E-state index contributed by atoms with van der Waals surface area (Å²) >= 11 is 0. The zero-order chi connectivity index (χ0) is 26.5. The standard InChI is InChI=1S/C31H40N4O4/c1-31-13-18-6-20(31)9-21(31)10-22(7-18)34-24-11-23(12-25(34)17-39-16-24)35-27-5-3-2-4-26(27)32-29(30(35)38)33-14-19(15-33)8-28(36)37/h2-5,18-25H,6-17H2,1H3,(H,36,37). The molecule has 6 fully saturated rings. The first kappa shape index (κ1) is 24.4. The van der Waals surface area contributed by atoms with Gasteiger partial charge in [0.1, 0.15) is 0 Å². The first-order valence-corrected chi connectivity index (χ1v) is 15.2. The number of morpholine rings is 1. The Morgan fingerprint density at radius 3 is 2.51 bits per heavy atom. The van der Waals surface area contributed by atoms with Crippen LogP contribution in [0.2, 0.25) is 0 Å². The van der Waals surface area contributed by atoms with E-state index in [0.717, 1.165) is 54.8 Å². The molecule has 1 N–H and O–H groups in total. The van der Waals surface area contributed by atoms with Crippen LogP contribution in [0.3, 0.4) is 0 Å². The molecule has 39 heavy (non-hydrogen) atoms. The fraction of sp³-hybridized carbons (Fsp3) is 0.710. The van der Waals surface area contributed by atoms with Gasteiger partial charge in [0.25, 0.3) is 5.56 Å². The SMILES string of the molecule is CC12CC3CC(N4C5COCC4CC(n4c(=O)c(N6CC(CC(=O)O)C6)nc6ccccc64)C5)CC1CC2C3. The molecule has 3 saturated heterocycles. The number of carbonyl (C=O) groups is 1. The van der Waals surface area contributed by atoms with Crippen LogP contribution in [0.15, 0.2) is 29.1 Å². The van der Waals surface area contributed by atoms with Gasteiger partial charge in [-0.05, 0) is 80.2 Å². The second-order valence-corrected chi connectivity index (χ2v) is 14.0. The summed E-state index contributed by atoms with van der Waals surface area (Å²) in [4.78, 5) is 34.8. The van der Waals surface area contributed by atoms with E-state index in [1.165, 1.54) is 32.1 Å². The predicted octanol–water partition coefficient (Wildman–Crippen LogP) is 3.93. The molecule has 1 aromatic carbocycles. The van der Waals surface area contributed by atoms with Crippen molar-refractivity contribution in [1.82, 2.24) is 14.5 Å². The van der Waals surface area contributed by atoms with Crippen molar-refractivity contribution in [1.29, 1.82) is 0 Å². The number of hydrogen-bond donors (Lipinski definition) is 1. The maximum atomic E-state index is 14.1. The van der Waals surface area contributed by atoms with E-state index in [1.54, 1.807) is 0 Å². The highest BCUT2D eigenvalue weighted by molar-refractivity contribution is 5.77. The van der Waals surface area contributed by atoms with Crippen LogP contribution in [-0.2, 0) is 9.53 Å². The minimum Gasteiger partial charge on any atom is -0.481 e. The van der Waals surface area contributed by atoms with Crippen molar-refractivity contribution in [2.24, 2.45) is 29.1 Å². The third-order valence-electron chi connectivity index (χ3n) is 11.8. The molecule has 4 bridgehead atoms. The Labute approximate surface area is 229 Å². The van der Waals surface area contributed by atoms with Crippen molar-refractivity contribution in [3.63, 3.8) is 0 Å². The van der Waals surface area contributed by atoms with Crippen molar-refractivity contribution in [2.75, 3.05) is 31.2 Å². The number of benzene rings is 1. The maximum absolute atomic E-state index is 14.1. The third kappa shape index (κ3) is 3.73. The molecule has 2 aromatic rings. The number of nitrogens with zero attached hydrogens (tertiary/aromatic N) is 4. The average Bonchev–Trinajstić information content (AvgIpc) is 3.04. The summed E-state index contributed by atoms with van der Waals surface area (Å²) in [6, 6.07) is 9.46. The normalized spacial score (nSPS) is 39.7. The molecule has 7 unspecified atom stereocenters. The van der Waals surface area contributed by atoms with Crippen LogP contribution in [0.1, 0.15) is 64.3 Å². The zero-order valence-electron chi connectivity index (χ0n) is 22.9. The lowest BCUT2D eigenvalue weighted by molar-refractivity contribution is -0.138. The van der Waals surface area contributed by atoms with Gasteiger partial charge in [0.2, 0.25) is 0 Å². The molecule has 8 nitrogen and oxygen atoms in total. The van der Waals surface area contributed by atoms with Gasteiger partial charge in [-0.1, -0.05) is 19.1 Å². The summed E-state index contributed by atoms with van der Waals surface area (Å²) in [5, 5.41) is 9.17. The van der Waals surface area contributed by atoms with Crippen molar-refractivity contribution < 1.29 is 14.6 Å². The van der Waals surface area contributed by atoms with Gasteiger partial charge < -0.3 is 19.3 Å². The summed E-state index contributed by atoms with van der Waals surface area (Å²) in [6.07, 6.45) is 9.00. The van der Waals surface area contributed by atoms with E-state index in [4.69, 9.17) is 9.72 Å². The van der Waals surface area contributed by atoms with Crippen molar-refractivity contribution in [3.05, 3.63) is 34.6 Å². The number of aromatic nitrogens is 2. The lowest BCUT2D eigenvalue weighted by Crippen LogP contribution is -2.62. The number of para-hydroxylation sites is 2. The van der Waals surface area contributed by atoms with E-state index in [9.17, 15) is 14.7 Å². The van der Waals surface area contributed by atoms with Gasteiger partial charge in [0.15, 0.2) is 5.82 Å². The monoisotopic (exact) mass is 532 g/mol. The number of piperidine rings is 1. The summed E-state index contributed by atoms with van der Waals surface area (Å²) in [7, 11) is 0. The Balaban J connectivity index is 1.09. The number of aliphatic carboxylic acids is 1. The number of carboxylic acids is 1. The Hall–Kier alpha value is -2.45. The van der Waals surface area contributed by atoms with Gasteiger partial charge in [-0.2, -0.15) is 0 Å². The van der Waals surface area contributed by atoms with Gasteiger partial charge in [0, 0.05) is 43.2 Å². The van der Waals surface area contributed by atoms with Gasteiger partial charge in [-0.15, -0.1) is 0 Å². The molecule has 3 aliphatic carbocycles. The summed E-state index contributed by atoms with van der Waals surface area (Å²) in [6.45, 7) is 5.24. The van der Waals surface area contributed by atoms with E-state index in [-0.39, 0.29) is 23.9 Å². The van der Waals surface area contributed by atoms with E-state index < -0.39 is 5.97 Å². The predicted molar refractivity (Wildman–Crippen MR) is 148 cm³/mol. The van der Waals surface area contributed by atoms with Crippen LogP contribution in [0.5, 0.6) is 0 Å². The topological polar surface area (TPSA) is 87.9 Å². The van der Waals surface area contributed by atoms with Crippen molar-refractivity contribution in [3.8, 4) is 0 Å². The zero-order valence-corrected chi connectivity index (χ0v) is 22.9. The van der Waals surface area contributed by atoms with E-state index >= 15 is 0 Å². The lowest BCUT2D eigenvalue weighted by Gasteiger charge is -2.56. The van der Waals surface area contributed by atoms with Gasteiger partial charge in [-0.25, -0.2) is 4.98 Å². The maximum Gasteiger partial charge on any atom is 0.303 e. The van der Waals surface area contributed by atoms with E-state index in [1.807, 2.05) is 33.7 Å². The first-order valence-electron chi connectivity index (χ1n) is 15.2. The van der Waals surface area contributed by atoms with Crippen LogP contribution >= 0.6 is 0 Å². The quantitative estimate of drug-likeness (QED) is 0.624. The first-order chi connectivity index (χ1) is 18.9. The van der Waals surface area contributed by atoms with E-state index in [2.05, 4.69) is 11.8 Å². The Bertz CT molecular complexity index is 1360. The molecule has 0 spiro atoms. The number of ether oxygens (including phenoxy) is 1. The van der Waals surface area contributed by atoms with Crippen LogP contribution in [0, 0.1) is 29.1 Å². The summed E-state index contributed by atoms with van der Waals surface area (Å²) in [5.41, 5.74) is 2.32. The molecule has 7 atom stereocenters. The van der Waals surface area contributed by atoms with E-state index in [0.29, 0.717) is 42.4 Å². The fourth-order valence-electron chi connectivity index (χ4n) is 10.0. The van der Waals surface area contributed by atoms with Gasteiger partial charge in [0.05, 0.1) is 30.7 Å². The minimum absolute atomic E-state index is 0.0277.